The van der Waals surface area contributed by atoms with Crippen molar-refractivity contribution in [3.05, 3.63) is 72.3 Å². The molecule has 0 saturated heterocycles. The monoisotopic (exact) mass is 389 g/mol. The van der Waals surface area contributed by atoms with Crippen LogP contribution in [0.1, 0.15) is 25.3 Å². The largest absolute Gasteiger partial charge is 0.494 e. The second-order valence-electron chi connectivity index (χ2n) is 6.37. The van der Waals surface area contributed by atoms with Crippen LogP contribution in [0.5, 0.6) is 5.75 Å². The van der Waals surface area contributed by atoms with E-state index in [1.807, 2.05) is 73.7 Å². The highest BCUT2D eigenvalue weighted by molar-refractivity contribution is 6.02. The first-order chi connectivity index (χ1) is 14.2. The van der Waals surface area contributed by atoms with Gasteiger partial charge in [-0.2, -0.15) is 5.10 Å². The fourth-order valence-corrected chi connectivity index (χ4v) is 2.83. The van der Waals surface area contributed by atoms with Crippen molar-refractivity contribution in [3.8, 4) is 5.75 Å². The van der Waals surface area contributed by atoms with Crippen LogP contribution in [0.3, 0.4) is 0 Å². The number of anilines is 1. The molecule has 3 rings (SSSR count). The molecule has 0 atom stereocenters. The van der Waals surface area contributed by atoms with Crippen LogP contribution < -0.4 is 15.5 Å². The lowest BCUT2D eigenvalue weighted by Crippen LogP contribution is -2.20. The van der Waals surface area contributed by atoms with Gasteiger partial charge in [0.2, 0.25) is 11.8 Å². The molecule has 6 nitrogen and oxygen atoms in total. The van der Waals surface area contributed by atoms with Crippen molar-refractivity contribution in [2.45, 2.75) is 19.8 Å². The number of carbonyl (C=O) groups excluding carboxylic acids is 2. The van der Waals surface area contributed by atoms with Crippen LogP contribution >= 0.6 is 0 Å². The van der Waals surface area contributed by atoms with Gasteiger partial charge in [-0.05, 0) is 48.2 Å². The number of rotatable bonds is 8. The van der Waals surface area contributed by atoms with Crippen LogP contribution in [0, 0.1) is 0 Å². The molecular weight excluding hydrogens is 366 g/mol. The Hall–Kier alpha value is -3.67. The molecule has 29 heavy (non-hydrogen) atoms. The van der Waals surface area contributed by atoms with E-state index in [-0.39, 0.29) is 24.7 Å². The van der Waals surface area contributed by atoms with Crippen LogP contribution in [-0.4, -0.2) is 24.6 Å². The highest BCUT2D eigenvalue weighted by Crippen LogP contribution is 2.23. The van der Waals surface area contributed by atoms with Crippen molar-refractivity contribution in [1.82, 2.24) is 5.43 Å². The summed E-state index contributed by atoms with van der Waals surface area (Å²) in [5.74, 6) is 0.248. The van der Waals surface area contributed by atoms with Gasteiger partial charge in [-0.25, -0.2) is 5.43 Å². The van der Waals surface area contributed by atoms with Gasteiger partial charge in [-0.15, -0.1) is 0 Å². The normalized spacial score (nSPS) is 10.8. The maximum absolute atomic E-state index is 12.2. The van der Waals surface area contributed by atoms with E-state index in [2.05, 4.69) is 15.8 Å². The van der Waals surface area contributed by atoms with Gasteiger partial charge in [0.15, 0.2) is 0 Å². The van der Waals surface area contributed by atoms with Gasteiger partial charge < -0.3 is 10.1 Å². The SMILES string of the molecule is CCOc1ccc(C=NNC(=O)CCC(=O)Nc2cccc3ccccc23)cc1. The number of carbonyl (C=O) groups is 2. The maximum Gasteiger partial charge on any atom is 0.240 e. The summed E-state index contributed by atoms with van der Waals surface area (Å²) < 4.78 is 5.37. The summed E-state index contributed by atoms with van der Waals surface area (Å²) in [6.45, 7) is 2.53. The molecule has 0 bridgehead atoms. The first kappa shape index (κ1) is 20.1. The molecular formula is C23H23N3O3. The molecule has 3 aromatic carbocycles. The quantitative estimate of drug-likeness (QED) is 0.449. The third-order valence-electron chi connectivity index (χ3n) is 4.24. The number of hydrogen-bond donors (Lipinski definition) is 2. The minimum Gasteiger partial charge on any atom is -0.494 e. The molecule has 0 saturated carbocycles. The van der Waals surface area contributed by atoms with Gasteiger partial charge >= 0.3 is 0 Å². The summed E-state index contributed by atoms with van der Waals surface area (Å²) in [5.41, 5.74) is 4.01. The van der Waals surface area contributed by atoms with Gasteiger partial charge in [0.1, 0.15) is 5.75 Å². The molecule has 0 aliphatic rings. The van der Waals surface area contributed by atoms with E-state index in [0.29, 0.717) is 6.61 Å². The zero-order valence-corrected chi connectivity index (χ0v) is 16.2. The lowest BCUT2D eigenvalue weighted by molar-refractivity contribution is -0.124. The number of nitrogens with zero attached hydrogens (tertiary/aromatic N) is 1. The summed E-state index contributed by atoms with van der Waals surface area (Å²) >= 11 is 0. The fraction of sp³-hybridized carbons (Fsp3) is 0.174. The minimum absolute atomic E-state index is 0.0528. The number of amides is 2. The van der Waals surface area contributed by atoms with Crippen molar-refractivity contribution in [3.63, 3.8) is 0 Å². The minimum atomic E-state index is -0.319. The topological polar surface area (TPSA) is 79.8 Å². The molecule has 3 aromatic rings. The summed E-state index contributed by atoms with van der Waals surface area (Å²) in [6.07, 6.45) is 1.68. The smallest absolute Gasteiger partial charge is 0.240 e. The predicted octanol–water partition coefficient (Wildman–Crippen LogP) is 4.11. The molecule has 0 unspecified atom stereocenters. The molecule has 2 amide bonds. The lowest BCUT2D eigenvalue weighted by atomic mass is 10.1. The maximum atomic E-state index is 12.2. The standard InChI is InChI=1S/C23H23N3O3/c1-2-29-19-12-10-17(11-13-19)16-24-26-23(28)15-14-22(27)25-21-9-5-7-18-6-3-4-8-20(18)21/h3-13,16H,2,14-15H2,1H3,(H,25,27)(H,26,28). The third-order valence-corrected chi connectivity index (χ3v) is 4.24. The van der Waals surface area contributed by atoms with Gasteiger partial charge in [0.05, 0.1) is 12.8 Å². The van der Waals surface area contributed by atoms with Gasteiger partial charge in [-0.1, -0.05) is 36.4 Å². The molecule has 0 aliphatic heterocycles. The van der Waals surface area contributed by atoms with Gasteiger partial charge in [-0.3, -0.25) is 9.59 Å². The summed E-state index contributed by atoms with van der Waals surface area (Å²) in [7, 11) is 0. The van der Waals surface area contributed by atoms with E-state index in [9.17, 15) is 9.59 Å². The lowest BCUT2D eigenvalue weighted by Gasteiger charge is -2.08. The van der Waals surface area contributed by atoms with Crippen molar-refractivity contribution in [2.24, 2.45) is 5.10 Å². The Labute approximate surface area is 169 Å². The molecule has 0 heterocycles. The van der Waals surface area contributed by atoms with Crippen molar-refractivity contribution in [1.29, 1.82) is 0 Å². The van der Waals surface area contributed by atoms with E-state index in [1.54, 1.807) is 6.21 Å². The van der Waals surface area contributed by atoms with Crippen molar-refractivity contribution in [2.75, 3.05) is 11.9 Å². The van der Waals surface area contributed by atoms with Crippen LogP contribution in [0.15, 0.2) is 71.8 Å². The Balaban J connectivity index is 1.45. The van der Waals surface area contributed by atoms with Crippen molar-refractivity contribution >= 4 is 34.5 Å². The van der Waals surface area contributed by atoms with Crippen molar-refractivity contribution < 1.29 is 14.3 Å². The second kappa shape index (κ2) is 10.0. The number of benzene rings is 3. The molecule has 0 aromatic heterocycles. The average molecular weight is 389 g/mol. The van der Waals surface area contributed by atoms with E-state index < -0.39 is 0 Å². The zero-order chi connectivity index (χ0) is 20.5. The molecule has 2 N–H and O–H groups in total. The zero-order valence-electron chi connectivity index (χ0n) is 16.2. The van der Waals surface area contributed by atoms with Gasteiger partial charge in [0, 0.05) is 23.9 Å². The first-order valence-corrected chi connectivity index (χ1v) is 9.48. The Kier molecular flexibility index (Phi) is 6.95. The number of hydrogen-bond acceptors (Lipinski definition) is 4. The number of fused-ring (bicyclic) bond motifs is 1. The molecule has 6 heteroatoms. The highest BCUT2D eigenvalue weighted by atomic mass is 16.5. The molecule has 148 valence electrons. The molecule has 0 aliphatic carbocycles. The highest BCUT2D eigenvalue weighted by Gasteiger charge is 2.08. The Bertz CT molecular complexity index is 1010. The Morgan fingerprint density at radius 1 is 0.931 bits per heavy atom. The summed E-state index contributed by atoms with van der Waals surface area (Å²) in [4.78, 5) is 24.1. The number of nitrogens with one attached hydrogen (secondary N) is 2. The van der Waals surface area contributed by atoms with Gasteiger partial charge in [0.25, 0.3) is 0 Å². The van der Waals surface area contributed by atoms with Crippen LogP contribution in [0.25, 0.3) is 10.8 Å². The Morgan fingerprint density at radius 3 is 2.45 bits per heavy atom. The molecule has 0 radical (unpaired) electrons. The third kappa shape index (κ3) is 5.90. The van der Waals surface area contributed by atoms with E-state index in [1.165, 1.54) is 0 Å². The Morgan fingerprint density at radius 2 is 1.66 bits per heavy atom. The first-order valence-electron chi connectivity index (χ1n) is 9.48. The van der Waals surface area contributed by atoms with E-state index >= 15 is 0 Å². The predicted molar refractivity (Wildman–Crippen MR) is 115 cm³/mol. The summed E-state index contributed by atoms with van der Waals surface area (Å²) in [5, 5.41) is 8.80. The van der Waals surface area contributed by atoms with Crippen LogP contribution in [-0.2, 0) is 9.59 Å². The van der Waals surface area contributed by atoms with Crippen LogP contribution in [0.4, 0.5) is 5.69 Å². The fourth-order valence-electron chi connectivity index (χ4n) is 2.83. The average Bonchev–Trinajstić information content (AvgIpc) is 2.74. The number of ether oxygens (including phenoxy) is 1. The van der Waals surface area contributed by atoms with Crippen LogP contribution in [0.2, 0.25) is 0 Å². The van der Waals surface area contributed by atoms with E-state index in [0.717, 1.165) is 27.8 Å². The van der Waals surface area contributed by atoms with E-state index in [4.69, 9.17) is 4.74 Å². The summed E-state index contributed by atoms with van der Waals surface area (Å²) in [6, 6.07) is 20.9. The second-order valence-corrected chi connectivity index (χ2v) is 6.37. The molecule has 0 spiro atoms. The molecule has 0 fully saturated rings. The number of hydrazone groups is 1.